The predicted octanol–water partition coefficient (Wildman–Crippen LogP) is 2.40. The summed E-state index contributed by atoms with van der Waals surface area (Å²) in [5, 5.41) is 0.464. The minimum absolute atomic E-state index is 0.351. The lowest BCUT2D eigenvalue weighted by molar-refractivity contribution is 0.258. The second kappa shape index (κ2) is 6.55. The first-order valence-corrected chi connectivity index (χ1v) is 7.20. The number of nitrogens with zero attached hydrogens (tertiary/aromatic N) is 4. The van der Waals surface area contributed by atoms with Gasteiger partial charge in [-0.25, -0.2) is 9.97 Å². The smallest absolute Gasteiger partial charge is 0.138 e. The van der Waals surface area contributed by atoms with Crippen molar-refractivity contribution in [3.63, 3.8) is 0 Å². The van der Waals surface area contributed by atoms with Gasteiger partial charge >= 0.3 is 0 Å². The lowest BCUT2D eigenvalue weighted by Crippen LogP contribution is -2.47. The maximum Gasteiger partial charge on any atom is 0.138 e. The van der Waals surface area contributed by atoms with E-state index in [1.54, 1.807) is 0 Å². The van der Waals surface area contributed by atoms with Crippen LogP contribution in [-0.4, -0.2) is 47.6 Å². The van der Waals surface area contributed by atoms with Gasteiger partial charge in [-0.15, -0.1) is 11.6 Å². The summed E-state index contributed by atoms with van der Waals surface area (Å²) in [6.07, 6.45) is 2.71. The highest BCUT2D eigenvalue weighted by atomic mass is 35.5. The van der Waals surface area contributed by atoms with Crippen molar-refractivity contribution in [2.45, 2.75) is 19.2 Å². The molecule has 0 bridgehead atoms. The second-order valence-corrected chi connectivity index (χ2v) is 5.05. The molecule has 2 rings (SSSR count). The Bertz CT molecular complexity index is 392. The lowest BCUT2D eigenvalue weighted by Gasteiger charge is -2.35. The molecule has 2 heterocycles. The Morgan fingerprint density at radius 1 is 1.22 bits per heavy atom. The number of piperazine rings is 1. The second-order valence-electron chi connectivity index (χ2n) is 4.43. The summed E-state index contributed by atoms with van der Waals surface area (Å²) in [7, 11) is 0. The molecule has 0 atom stereocenters. The van der Waals surface area contributed by atoms with Crippen molar-refractivity contribution in [1.29, 1.82) is 0 Å². The first-order valence-electron chi connectivity index (χ1n) is 6.29. The van der Waals surface area contributed by atoms with Gasteiger partial charge in [-0.1, -0.05) is 18.5 Å². The first-order chi connectivity index (χ1) is 8.76. The molecule has 100 valence electrons. The Morgan fingerprint density at radius 2 is 1.94 bits per heavy atom. The topological polar surface area (TPSA) is 32.3 Å². The SMILES string of the molecule is CCCN1CCN(c2ncnc(Cl)c2CCl)CC1. The Morgan fingerprint density at radius 3 is 2.56 bits per heavy atom. The van der Waals surface area contributed by atoms with Crippen molar-refractivity contribution in [2.75, 3.05) is 37.6 Å². The zero-order valence-corrected chi connectivity index (χ0v) is 12.1. The highest BCUT2D eigenvalue weighted by Gasteiger charge is 2.20. The van der Waals surface area contributed by atoms with Gasteiger partial charge in [-0.05, 0) is 13.0 Å². The molecule has 0 radical (unpaired) electrons. The highest BCUT2D eigenvalue weighted by Crippen LogP contribution is 2.25. The van der Waals surface area contributed by atoms with Crippen LogP contribution in [0.15, 0.2) is 6.33 Å². The molecular formula is C12H18Cl2N4. The summed E-state index contributed by atoms with van der Waals surface area (Å²) in [5.41, 5.74) is 0.838. The number of hydrogen-bond donors (Lipinski definition) is 0. The monoisotopic (exact) mass is 288 g/mol. The summed E-state index contributed by atoms with van der Waals surface area (Å²) in [4.78, 5) is 13.0. The highest BCUT2D eigenvalue weighted by molar-refractivity contribution is 6.31. The molecule has 0 unspecified atom stereocenters. The summed E-state index contributed by atoms with van der Waals surface area (Å²) < 4.78 is 0. The fraction of sp³-hybridized carbons (Fsp3) is 0.667. The van der Waals surface area contributed by atoms with E-state index in [4.69, 9.17) is 23.2 Å². The summed E-state index contributed by atoms with van der Waals surface area (Å²) in [5.74, 6) is 1.24. The molecule has 6 heteroatoms. The van der Waals surface area contributed by atoms with Gasteiger partial charge in [0.15, 0.2) is 0 Å². The van der Waals surface area contributed by atoms with Crippen LogP contribution in [0.25, 0.3) is 0 Å². The molecule has 1 fully saturated rings. The number of rotatable bonds is 4. The normalized spacial score (nSPS) is 17.2. The molecule has 1 aliphatic heterocycles. The van der Waals surface area contributed by atoms with E-state index in [2.05, 4.69) is 26.7 Å². The van der Waals surface area contributed by atoms with Crippen LogP contribution < -0.4 is 4.90 Å². The largest absolute Gasteiger partial charge is 0.354 e. The summed E-state index contributed by atoms with van der Waals surface area (Å²) >= 11 is 12.0. The van der Waals surface area contributed by atoms with Gasteiger partial charge in [0.1, 0.15) is 17.3 Å². The maximum absolute atomic E-state index is 6.05. The molecule has 0 amide bonds. The Labute approximate surface area is 118 Å². The van der Waals surface area contributed by atoms with Crippen LogP contribution in [-0.2, 0) is 5.88 Å². The van der Waals surface area contributed by atoms with Crippen LogP contribution in [0.1, 0.15) is 18.9 Å². The maximum atomic E-state index is 6.05. The molecule has 0 saturated carbocycles. The third kappa shape index (κ3) is 3.05. The van der Waals surface area contributed by atoms with E-state index >= 15 is 0 Å². The molecule has 18 heavy (non-hydrogen) atoms. The fourth-order valence-electron chi connectivity index (χ4n) is 2.27. The van der Waals surface area contributed by atoms with Crippen LogP contribution in [0.4, 0.5) is 5.82 Å². The molecule has 1 saturated heterocycles. The quantitative estimate of drug-likeness (QED) is 0.629. The average molecular weight is 289 g/mol. The van der Waals surface area contributed by atoms with Crippen molar-refractivity contribution in [2.24, 2.45) is 0 Å². The third-order valence-electron chi connectivity index (χ3n) is 3.22. The van der Waals surface area contributed by atoms with Crippen molar-refractivity contribution in [3.05, 3.63) is 17.0 Å². The van der Waals surface area contributed by atoms with Crippen LogP contribution in [0.5, 0.6) is 0 Å². The average Bonchev–Trinajstić information content (AvgIpc) is 2.40. The van der Waals surface area contributed by atoms with Gasteiger partial charge in [-0.2, -0.15) is 0 Å². The molecule has 0 aromatic carbocycles. The number of alkyl halides is 1. The van der Waals surface area contributed by atoms with Gasteiger partial charge in [0.2, 0.25) is 0 Å². The van der Waals surface area contributed by atoms with Gasteiger partial charge < -0.3 is 4.90 Å². The molecule has 1 aromatic rings. The van der Waals surface area contributed by atoms with E-state index in [-0.39, 0.29) is 0 Å². The summed E-state index contributed by atoms with van der Waals surface area (Å²) in [6, 6.07) is 0. The number of aromatic nitrogens is 2. The van der Waals surface area contributed by atoms with E-state index in [0.717, 1.165) is 37.6 Å². The molecule has 4 nitrogen and oxygen atoms in total. The lowest BCUT2D eigenvalue weighted by atomic mass is 10.2. The number of anilines is 1. The van der Waals surface area contributed by atoms with Crippen molar-refractivity contribution in [1.82, 2.24) is 14.9 Å². The Hall–Kier alpha value is -0.580. The van der Waals surface area contributed by atoms with E-state index in [1.165, 1.54) is 19.3 Å². The zero-order valence-electron chi connectivity index (χ0n) is 10.6. The molecule has 0 aliphatic carbocycles. The summed E-state index contributed by atoms with van der Waals surface area (Å²) in [6.45, 7) is 7.45. The van der Waals surface area contributed by atoms with Crippen molar-refractivity contribution < 1.29 is 0 Å². The predicted molar refractivity (Wildman–Crippen MR) is 75.5 cm³/mol. The third-order valence-corrected chi connectivity index (χ3v) is 3.81. The zero-order chi connectivity index (χ0) is 13.0. The van der Waals surface area contributed by atoms with E-state index in [0.29, 0.717) is 11.0 Å². The van der Waals surface area contributed by atoms with Gasteiger partial charge in [0.25, 0.3) is 0 Å². The molecule has 0 spiro atoms. The Kier molecular flexibility index (Phi) is 5.03. The van der Waals surface area contributed by atoms with Crippen LogP contribution >= 0.6 is 23.2 Å². The minimum Gasteiger partial charge on any atom is -0.354 e. The van der Waals surface area contributed by atoms with Gasteiger partial charge in [0.05, 0.1) is 5.88 Å². The van der Waals surface area contributed by atoms with Crippen LogP contribution in [0.2, 0.25) is 5.15 Å². The van der Waals surface area contributed by atoms with Gasteiger partial charge in [-0.3, -0.25) is 4.90 Å². The Balaban J connectivity index is 2.07. The van der Waals surface area contributed by atoms with Crippen LogP contribution in [0.3, 0.4) is 0 Å². The fourth-order valence-corrected chi connectivity index (χ4v) is 2.78. The van der Waals surface area contributed by atoms with E-state index in [9.17, 15) is 0 Å². The molecule has 0 N–H and O–H groups in total. The minimum atomic E-state index is 0.351. The van der Waals surface area contributed by atoms with Gasteiger partial charge in [0, 0.05) is 31.7 Å². The molecular weight excluding hydrogens is 271 g/mol. The number of halogens is 2. The first kappa shape index (κ1) is 13.8. The number of hydrogen-bond acceptors (Lipinski definition) is 4. The van der Waals surface area contributed by atoms with E-state index in [1.807, 2.05) is 0 Å². The standard InChI is InChI=1S/C12H18Cl2N4/c1-2-3-17-4-6-18(7-5-17)12-10(8-13)11(14)15-9-16-12/h9H,2-8H2,1H3. The van der Waals surface area contributed by atoms with Crippen molar-refractivity contribution in [3.8, 4) is 0 Å². The van der Waals surface area contributed by atoms with Crippen LogP contribution in [0, 0.1) is 0 Å². The van der Waals surface area contributed by atoms with Crippen molar-refractivity contribution >= 4 is 29.0 Å². The van der Waals surface area contributed by atoms with E-state index < -0.39 is 0 Å². The molecule has 1 aliphatic rings. The molecule has 1 aromatic heterocycles.